The van der Waals surface area contributed by atoms with Crippen LogP contribution < -0.4 is 5.32 Å². The Balaban J connectivity index is 1.93. The lowest BCUT2D eigenvalue weighted by Gasteiger charge is -2.38. The van der Waals surface area contributed by atoms with E-state index in [2.05, 4.69) is 43.4 Å². The second kappa shape index (κ2) is 5.01. The second-order valence-corrected chi connectivity index (χ2v) is 5.66. The summed E-state index contributed by atoms with van der Waals surface area (Å²) in [6.45, 7) is 5.27. The van der Waals surface area contributed by atoms with Crippen LogP contribution in [0.15, 0.2) is 30.3 Å². The Morgan fingerprint density at radius 2 is 2.00 bits per heavy atom. The van der Waals surface area contributed by atoms with Crippen molar-refractivity contribution in [3.05, 3.63) is 35.9 Å². The van der Waals surface area contributed by atoms with E-state index in [9.17, 15) is 4.79 Å². The topological polar surface area (TPSA) is 29.1 Å². The molecule has 1 aliphatic carbocycles. The van der Waals surface area contributed by atoms with Crippen molar-refractivity contribution in [2.75, 3.05) is 0 Å². The molecule has 1 aromatic rings. The summed E-state index contributed by atoms with van der Waals surface area (Å²) in [6.07, 6.45) is 2.41. The number of hydrogen-bond acceptors (Lipinski definition) is 2. The zero-order chi connectivity index (χ0) is 12.3. The van der Waals surface area contributed by atoms with Gasteiger partial charge in [-0.05, 0) is 17.4 Å². The van der Waals surface area contributed by atoms with E-state index in [4.69, 9.17) is 0 Å². The zero-order valence-corrected chi connectivity index (χ0v) is 10.7. The van der Waals surface area contributed by atoms with E-state index in [0.717, 1.165) is 19.4 Å². The molecule has 0 spiro atoms. The van der Waals surface area contributed by atoms with E-state index < -0.39 is 0 Å². The summed E-state index contributed by atoms with van der Waals surface area (Å²) in [5, 5.41) is 3.60. The van der Waals surface area contributed by atoms with Crippen LogP contribution in [0.1, 0.15) is 38.7 Å². The fourth-order valence-corrected chi connectivity index (χ4v) is 2.63. The molecule has 2 nitrogen and oxygen atoms in total. The molecule has 2 heteroatoms. The first-order valence-corrected chi connectivity index (χ1v) is 6.37. The quantitative estimate of drug-likeness (QED) is 0.866. The van der Waals surface area contributed by atoms with E-state index in [-0.39, 0.29) is 5.41 Å². The predicted octanol–water partition coefficient (Wildman–Crippen LogP) is 2.92. The number of ketones is 1. The molecule has 0 saturated heterocycles. The van der Waals surface area contributed by atoms with Crippen LogP contribution in [-0.2, 0) is 11.3 Å². The van der Waals surface area contributed by atoms with Gasteiger partial charge in [0, 0.05) is 25.4 Å². The predicted molar refractivity (Wildman–Crippen MR) is 69.7 cm³/mol. The molecule has 0 bridgehead atoms. The maximum absolute atomic E-state index is 11.5. The highest BCUT2D eigenvalue weighted by atomic mass is 16.1. The minimum absolute atomic E-state index is 0.0874. The van der Waals surface area contributed by atoms with Crippen LogP contribution in [0.25, 0.3) is 0 Å². The van der Waals surface area contributed by atoms with Crippen molar-refractivity contribution < 1.29 is 4.79 Å². The molecule has 0 radical (unpaired) electrons. The normalized spacial score (nSPS) is 23.6. The summed E-state index contributed by atoms with van der Waals surface area (Å²) >= 11 is 0. The number of Topliss-reactive ketones (excluding diaryl/α,β-unsaturated/α-hetero) is 1. The highest BCUT2D eigenvalue weighted by Gasteiger charge is 2.35. The maximum atomic E-state index is 11.5. The molecule has 1 aliphatic rings. The Bertz CT molecular complexity index is 383. The van der Waals surface area contributed by atoms with Gasteiger partial charge in [0.25, 0.3) is 0 Å². The molecule has 92 valence electrons. The average molecular weight is 231 g/mol. The Morgan fingerprint density at radius 1 is 1.29 bits per heavy atom. The van der Waals surface area contributed by atoms with E-state index in [0.29, 0.717) is 18.2 Å². The summed E-state index contributed by atoms with van der Waals surface area (Å²) in [5.74, 6) is 0.410. The minimum atomic E-state index is 0.0874. The van der Waals surface area contributed by atoms with Crippen molar-refractivity contribution in [3.63, 3.8) is 0 Å². The van der Waals surface area contributed by atoms with Gasteiger partial charge in [0.2, 0.25) is 0 Å². The molecular formula is C15H21NO. The fraction of sp³-hybridized carbons (Fsp3) is 0.533. The van der Waals surface area contributed by atoms with E-state index in [1.54, 1.807) is 0 Å². The number of rotatable bonds is 3. The number of hydrogen-bond donors (Lipinski definition) is 1. The second-order valence-electron chi connectivity index (χ2n) is 5.66. The molecule has 1 N–H and O–H groups in total. The summed E-state index contributed by atoms with van der Waals surface area (Å²) in [7, 11) is 0. The molecule has 0 amide bonds. The van der Waals surface area contributed by atoms with Crippen molar-refractivity contribution in [3.8, 4) is 0 Å². The Kier molecular flexibility index (Phi) is 3.63. The van der Waals surface area contributed by atoms with E-state index in [1.807, 2.05) is 6.07 Å². The Labute approximate surface area is 103 Å². The van der Waals surface area contributed by atoms with Crippen molar-refractivity contribution in [1.82, 2.24) is 5.32 Å². The monoisotopic (exact) mass is 231 g/mol. The summed E-state index contributed by atoms with van der Waals surface area (Å²) in [4.78, 5) is 11.5. The molecule has 0 aromatic heterocycles. The van der Waals surface area contributed by atoms with E-state index >= 15 is 0 Å². The third-order valence-electron chi connectivity index (χ3n) is 3.70. The van der Waals surface area contributed by atoms with Crippen LogP contribution in [0, 0.1) is 5.41 Å². The standard InChI is InChI=1S/C15H21NO/c1-15(2)10-13(17)8-9-14(15)16-11-12-6-4-3-5-7-12/h3-7,14,16H,8-11H2,1-2H3. The molecular weight excluding hydrogens is 210 g/mol. The lowest BCUT2D eigenvalue weighted by Crippen LogP contribution is -2.46. The fourth-order valence-electron chi connectivity index (χ4n) is 2.63. The first kappa shape index (κ1) is 12.3. The highest BCUT2D eigenvalue weighted by molar-refractivity contribution is 5.80. The van der Waals surface area contributed by atoms with Crippen molar-refractivity contribution >= 4 is 5.78 Å². The smallest absolute Gasteiger partial charge is 0.133 e. The van der Waals surface area contributed by atoms with Crippen molar-refractivity contribution in [1.29, 1.82) is 0 Å². The molecule has 0 aliphatic heterocycles. The summed E-state index contributed by atoms with van der Waals surface area (Å²) in [6, 6.07) is 10.9. The van der Waals surface area contributed by atoms with Gasteiger partial charge >= 0.3 is 0 Å². The number of carbonyl (C=O) groups is 1. The third kappa shape index (κ3) is 3.16. The molecule has 1 unspecified atom stereocenters. The molecule has 1 atom stereocenters. The SMILES string of the molecule is CC1(C)CC(=O)CCC1NCc1ccccc1. The van der Waals surface area contributed by atoms with Crippen LogP contribution in [0.2, 0.25) is 0 Å². The molecule has 1 aromatic carbocycles. The lowest BCUT2D eigenvalue weighted by atomic mass is 9.72. The summed E-state index contributed by atoms with van der Waals surface area (Å²) < 4.78 is 0. The van der Waals surface area contributed by atoms with Crippen LogP contribution in [0.5, 0.6) is 0 Å². The van der Waals surface area contributed by atoms with Gasteiger partial charge in [-0.15, -0.1) is 0 Å². The van der Waals surface area contributed by atoms with Gasteiger partial charge in [-0.1, -0.05) is 44.2 Å². The molecule has 17 heavy (non-hydrogen) atoms. The zero-order valence-electron chi connectivity index (χ0n) is 10.7. The Hall–Kier alpha value is -1.15. The van der Waals surface area contributed by atoms with Gasteiger partial charge in [-0.2, -0.15) is 0 Å². The first-order valence-electron chi connectivity index (χ1n) is 6.37. The third-order valence-corrected chi connectivity index (χ3v) is 3.70. The first-order chi connectivity index (χ1) is 8.08. The number of nitrogens with one attached hydrogen (secondary N) is 1. The minimum Gasteiger partial charge on any atom is -0.309 e. The van der Waals surface area contributed by atoms with Gasteiger partial charge in [0.15, 0.2) is 0 Å². The van der Waals surface area contributed by atoms with E-state index in [1.165, 1.54) is 5.56 Å². The molecule has 1 saturated carbocycles. The van der Waals surface area contributed by atoms with Gasteiger partial charge in [-0.3, -0.25) is 4.79 Å². The summed E-state index contributed by atoms with van der Waals surface area (Å²) in [5.41, 5.74) is 1.39. The van der Waals surface area contributed by atoms with Crippen molar-refractivity contribution in [2.45, 2.75) is 45.7 Å². The Morgan fingerprint density at radius 3 is 2.65 bits per heavy atom. The van der Waals surface area contributed by atoms with Gasteiger partial charge in [-0.25, -0.2) is 0 Å². The lowest BCUT2D eigenvalue weighted by molar-refractivity contribution is -0.123. The largest absolute Gasteiger partial charge is 0.309 e. The van der Waals surface area contributed by atoms with Crippen molar-refractivity contribution in [2.24, 2.45) is 5.41 Å². The van der Waals surface area contributed by atoms with Gasteiger partial charge in [0.1, 0.15) is 5.78 Å². The molecule has 2 rings (SSSR count). The van der Waals surface area contributed by atoms with Crippen LogP contribution in [-0.4, -0.2) is 11.8 Å². The number of carbonyl (C=O) groups excluding carboxylic acids is 1. The van der Waals surface area contributed by atoms with Crippen LogP contribution >= 0.6 is 0 Å². The van der Waals surface area contributed by atoms with Gasteiger partial charge < -0.3 is 5.32 Å². The average Bonchev–Trinajstić information content (AvgIpc) is 2.28. The molecule has 1 fully saturated rings. The highest BCUT2D eigenvalue weighted by Crippen LogP contribution is 2.33. The maximum Gasteiger partial charge on any atom is 0.133 e. The van der Waals surface area contributed by atoms with Crippen LogP contribution in [0.3, 0.4) is 0 Å². The van der Waals surface area contributed by atoms with Gasteiger partial charge in [0.05, 0.1) is 0 Å². The molecule has 0 heterocycles. The van der Waals surface area contributed by atoms with Crippen LogP contribution in [0.4, 0.5) is 0 Å². The number of benzene rings is 1.